The van der Waals surface area contributed by atoms with Crippen molar-refractivity contribution in [3.63, 3.8) is 0 Å². The third-order valence-corrected chi connectivity index (χ3v) is 5.17. The number of imide groups is 1. The van der Waals surface area contributed by atoms with Crippen LogP contribution in [0.15, 0.2) is 42.5 Å². The van der Waals surface area contributed by atoms with Crippen LogP contribution in [0.5, 0.6) is 5.75 Å². The first kappa shape index (κ1) is 22.9. The first-order chi connectivity index (χ1) is 15.4. The smallest absolute Gasteiger partial charge is 0.282 e. The van der Waals surface area contributed by atoms with Crippen LogP contribution in [-0.4, -0.2) is 47.2 Å². The molecular formula is C23H25N3O6. The third kappa shape index (κ3) is 5.48. The van der Waals surface area contributed by atoms with Crippen LogP contribution < -0.4 is 10.1 Å². The van der Waals surface area contributed by atoms with E-state index in [1.807, 2.05) is 31.2 Å². The summed E-state index contributed by atoms with van der Waals surface area (Å²) in [6.45, 7) is 2.94. The Morgan fingerprint density at radius 2 is 1.81 bits per heavy atom. The predicted octanol–water partition coefficient (Wildman–Crippen LogP) is 3.25. The molecular weight excluding hydrogens is 414 g/mol. The number of amides is 3. The van der Waals surface area contributed by atoms with Gasteiger partial charge in [-0.05, 0) is 38.0 Å². The molecule has 168 valence electrons. The molecule has 2 aromatic rings. The molecule has 0 atom stereocenters. The zero-order valence-electron chi connectivity index (χ0n) is 17.8. The molecule has 0 saturated heterocycles. The first-order valence-corrected chi connectivity index (χ1v) is 10.5. The lowest BCUT2D eigenvalue weighted by Crippen LogP contribution is -2.31. The van der Waals surface area contributed by atoms with E-state index in [1.165, 1.54) is 18.2 Å². The van der Waals surface area contributed by atoms with Gasteiger partial charge in [-0.3, -0.25) is 29.4 Å². The number of nitrogens with zero attached hydrogens (tertiary/aromatic N) is 2. The van der Waals surface area contributed by atoms with Gasteiger partial charge >= 0.3 is 0 Å². The molecule has 2 aromatic carbocycles. The molecule has 0 fully saturated rings. The number of aryl methyl sites for hydroxylation is 1. The number of nitro groups is 1. The Morgan fingerprint density at radius 3 is 2.53 bits per heavy atom. The third-order valence-electron chi connectivity index (χ3n) is 5.17. The number of hydrogen-bond donors (Lipinski definition) is 1. The van der Waals surface area contributed by atoms with E-state index in [4.69, 9.17) is 4.74 Å². The number of carbonyl (C=O) groups is 3. The van der Waals surface area contributed by atoms with Crippen molar-refractivity contribution in [2.75, 3.05) is 19.7 Å². The standard InChI is InChI=1S/C23H25N3O6/c1-16-9-11-17(12-10-16)32-15-13-24-20(27)8-3-2-4-14-25-22(28)18-6-5-7-19(26(30)31)21(18)23(25)29/h5-7,9-12H,2-4,8,13-15H2,1H3,(H,24,27). The topological polar surface area (TPSA) is 119 Å². The van der Waals surface area contributed by atoms with E-state index in [0.29, 0.717) is 38.8 Å². The highest BCUT2D eigenvalue weighted by atomic mass is 16.6. The molecule has 1 N–H and O–H groups in total. The van der Waals surface area contributed by atoms with E-state index in [1.54, 1.807) is 0 Å². The minimum absolute atomic E-state index is 0.0661. The van der Waals surface area contributed by atoms with Gasteiger partial charge in [0.15, 0.2) is 0 Å². The van der Waals surface area contributed by atoms with Crippen molar-refractivity contribution in [2.45, 2.75) is 32.6 Å². The van der Waals surface area contributed by atoms with Gasteiger partial charge in [-0.25, -0.2) is 0 Å². The van der Waals surface area contributed by atoms with Crippen LogP contribution in [0.4, 0.5) is 5.69 Å². The Hall–Kier alpha value is -3.75. The normalized spacial score (nSPS) is 12.6. The molecule has 0 spiro atoms. The number of unbranched alkanes of at least 4 members (excludes halogenated alkanes) is 2. The Morgan fingerprint density at radius 1 is 1.06 bits per heavy atom. The van der Waals surface area contributed by atoms with Gasteiger partial charge in [0.25, 0.3) is 17.5 Å². The Labute approximate surface area is 185 Å². The summed E-state index contributed by atoms with van der Waals surface area (Å²) in [7, 11) is 0. The molecule has 1 aliphatic rings. The van der Waals surface area contributed by atoms with Gasteiger partial charge in [0, 0.05) is 19.0 Å². The average Bonchev–Trinajstić information content (AvgIpc) is 3.02. The van der Waals surface area contributed by atoms with Crippen LogP contribution in [0.3, 0.4) is 0 Å². The molecule has 0 unspecified atom stereocenters. The first-order valence-electron chi connectivity index (χ1n) is 10.5. The van der Waals surface area contributed by atoms with Crippen LogP contribution in [0.25, 0.3) is 0 Å². The maximum absolute atomic E-state index is 12.5. The van der Waals surface area contributed by atoms with Crippen LogP contribution in [0, 0.1) is 17.0 Å². The van der Waals surface area contributed by atoms with Crippen LogP contribution >= 0.6 is 0 Å². The molecule has 9 nitrogen and oxygen atoms in total. The van der Waals surface area contributed by atoms with Gasteiger partial charge in [0.2, 0.25) is 5.91 Å². The van der Waals surface area contributed by atoms with E-state index < -0.39 is 16.7 Å². The Kier molecular flexibility index (Phi) is 7.54. The minimum Gasteiger partial charge on any atom is -0.492 e. The highest BCUT2D eigenvalue weighted by Gasteiger charge is 2.40. The zero-order valence-corrected chi connectivity index (χ0v) is 17.8. The number of benzene rings is 2. The molecule has 0 saturated carbocycles. The van der Waals surface area contributed by atoms with Gasteiger partial charge < -0.3 is 10.1 Å². The number of fused-ring (bicyclic) bond motifs is 1. The fourth-order valence-electron chi connectivity index (χ4n) is 3.49. The predicted molar refractivity (Wildman–Crippen MR) is 117 cm³/mol. The fourth-order valence-corrected chi connectivity index (χ4v) is 3.49. The second-order valence-corrected chi connectivity index (χ2v) is 7.54. The molecule has 0 aromatic heterocycles. The molecule has 3 rings (SSSR count). The molecule has 1 heterocycles. The monoisotopic (exact) mass is 439 g/mol. The van der Waals surface area contributed by atoms with Crippen molar-refractivity contribution in [2.24, 2.45) is 0 Å². The summed E-state index contributed by atoms with van der Waals surface area (Å²) in [5.74, 6) is -0.485. The summed E-state index contributed by atoms with van der Waals surface area (Å²) in [5, 5.41) is 13.9. The van der Waals surface area contributed by atoms with E-state index in [-0.39, 0.29) is 29.3 Å². The summed E-state index contributed by atoms with van der Waals surface area (Å²) in [6.07, 6.45) is 2.10. The number of carbonyl (C=O) groups excluding carboxylic acids is 3. The summed E-state index contributed by atoms with van der Waals surface area (Å²) in [4.78, 5) is 48.4. The van der Waals surface area contributed by atoms with Gasteiger partial charge in [0.1, 0.15) is 17.9 Å². The fraction of sp³-hybridized carbons (Fsp3) is 0.348. The van der Waals surface area contributed by atoms with Crippen molar-refractivity contribution < 1.29 is 24.0 Å². The Bertz CT molecular complexity index is 1020. The maximum atomic E-state index is 12.5. The van der Waals surface area contributed by atoms with Crippen molar-refractivity contribution in [3.8, 4) is 5.75 Å². The van der Waals surface area contributed by atoms with Gasteiger partial charge in [-0.1, -0.05) is 30.2 Å². The number of hydrogen-bond acceptors (Lipinski definition) is 6. The molecule has 3 amide bonds. The highest BCUT2D eigenvalue weighted by molar-refractivity contribution is 6.23. The summed E-state index contributed by atoms with van der Waals surface area (Å²) in [5.41, 5.74) is 0.715. The molecule has 1 aliphatic heterocycles. The lowest BCUT2D eigenvalue weighted by atomic mass is 10.1. The van der Waals surface area contributed by atoms with E-state index >= 15 is 0 Å². The molecule has 0 radical (unpaired) electrons. The SMILES string of the molecule is Cc1ccc(OCCNC(=O)CCCCCN2C(=O)c3cccc([N+](=O)[O-])c3C2=O)cc1. The largest absolute Gasteiger partial charge is 0.492 e. The number of nitrogens with one attached hydrogen (secondary N) is 1. The summed E-state index contributed by atoms with van der Waals surface area (Å²) >= 11 is 0. The number of nitro benzene ring substituents is 1. The van der Waals surface area contributed by atoms with Crippen LogP contribution in [0.2, 0.25) is 0 Å². The molecule has 32 heavy (non-hydrogen) atoms. The number of ether oxygens (including phenoxy) is 1. The average molecular weight is 439 g/mol. The van der Waals surface area contributed by atoms with E-state index in [2.05, 4.69) is 5.32 Å². The summed E-state index contributed by atoms with van der Waals surface area (Å²) < 4.78 is 5.56. The second kappa shape index (κ2) is 10.5. The van der Waals surface area contributed by atoms with Crippen molar-refractivity contribution >= 4 is 23.4 Å². The molecule has 0 bridgehead atoms. The van der Waals surface area contributed by atoms with Gasteiger partial charge in [0.05, 0.1) is 17.0 Å². The van der Waals surface area contributed by atoms with Crippen LogP contribution in [0.1, 0.15) is 52.0 Å². The molecule has 9 heteroatoms. The van der Waals surface area contributed by atoms with Crippen molar-refractivity contribution in [1.82, 2.24) is 10.2 Å². The van der Waals surface area contributed by atoms with Crippen molar-refractivity contribution in [3.05, 3.63) is 69.3 Å². The van der Waals surface area contributed by atoms with Crippen LogP contribution in [-0.2, 0) is 4.79 Å². The lowest BCUT2D eigenvalue weighted by Gasteiger charge is -2.13. The van der Waals surface area contributed by atoms with Gasteiger partial charge in [-0.15, -0.1) is 0 Å². The van der Waals surface area contributed by atoms with E-state index in [9.17, 15) is 24.5 Å². The highest BCUT2D eigenvalue weighted by Crippen LogP contribution is 2.30. The zero-order chi connectivity index (χ0) is 23.1. The minimum atomic E-state index is -0.655. The second-order valence-electron chi connectivity index (χ2n) is 7.54. The Balaban J connectivity index is 1.33. The number of rotatable bonds is 11. The van der Waals surface area contributed by atoms with E-state index in [0.717, 1.165) is 16.2 Å². The maximum Gasteiger partial charge on any atom is 0.282 e. The quantitative estimate of drug-likeness (QED) is 0.248. The van der Waals surface area contributed by atoms with Crippen molar-refractivity contribution in [1.29, 1.82) is 0 Å². The summed E-state index contributed by atoms with van der Waals surface area (Å²) in [6, 6.07) is 11.7. The van der Waals surface area contributed by atoms with Gasteiger partial charge in [-0.2, -0.15) is 0 Å². The lowest BCUT2D eigenvalue weighted by molar-refractivity contribution is -0.385. The molecule has 0 aliphatic carbocycles.